The molecule has 1 aliphatic carbocycles. The Morgan fingerprint density at radius 3 is 2.69 bits per heavy atom. The summed E-state index contributed by atoms with van der Waals surface area (Å²) in [6.07, 6.45) is 7.13. The molecule has 3 nitrogen and oxygen atoms in total. The van der Waals surface area contributed by atoms with Gasteiger partial charge in [0.2, 0.25) is 0 Å². The Morgan fingerprint density at radius 1 is 1.50 bits per heavy atom. The van der Waals surface area contributed by atoms with E-state index >= 15 is 0 Å². The molecule has 2 N–H and O–H groups in total. The Hall–Kier alpha value is -0.770. The number of thiazole rings is 1. The minimum Gasteiger partial charge on any atom is -0.389 e. The first-order chi connectivity index (χ1) is 7.66. The standard InChI is InChI=1S/C12H21N3S/c1-9(2)8-15(10-5-3-4-6-10)12-14-7-11(13)16-12/h7,9-10H,3-6,8,13H2,1-2H3. The lowest BCUT2D eigenvalue weighted by atomic mass is 10.1. The SMILES string of the molecule is CC(C)CN(c1ncc(N)s1)C1CCCC1. The number of nitrogens with zero attached hydrogens (tertiary/aromatic N) is 2. The molecule has 0 unspecified atom stereocenters. The number of hydrogen-bond acceptors (Lipinski definition) is 4. The van der Waals surface area contributed by atoms with Crippen molar-refractivity contribution in [3.05, 3.63) is 6.20 Å². The number of rotatable bonds is 4. The summed E-state index contributed by atoms with van der Waals surface area (Å²) in [5.74, 6) is 0.672. The molecule has 0 spiro atoms. The first-order valence-electron chi connectivity index (χ1n) is 6.14. The molecular formula is C12H21N3S. The molecule has 0 aliphatic heterocycles. The highest BCUT2D eigenvalue weighted by Crippen LogP contribution is 2.32. The summed E-state index contributed by atoms with van der Waals surface area (Å²) in [4.78, 5) is 6.90. The maximum atomic E-state index is 5.78. The second-order valence-corrected chi connectivity index (χ2v) is 6.07. The predicted molar refractivity (Wildman–Crippen MR) is 71.0 cm³/mol. The van der Waals surface area contributed by atoms with Crippen LogP contribution in [0.4, 0.5) is 10.1 Å². The predicted octanol–water partition coefficient (Wildman–Crippen LogP) is 3.13. The van der Waals surface area contributed by atoms with Gasteiger partial charge >= 0.3 is 0 Å². The van der Waals surface area contributed by atoms with E-state index in [4.69, 9.17) is 5.73 Å². The quantitative estimate of drug-likeness (QED) is 0.877. The molecule has 0 atom stereocenters. The monoisotopic (exact) mass is 239 g/mol. The van der Waals surface area contributed by atoms with E-state index in [1.165, 1.54) is 25.7 Å². The van der Waals surface area contributed by atoms with Gasteiger partial charge in [-0.3, -0.25) is 0 Å². The fraction of sp³-hybridized carbons (Fsp3) is 0.750. The normalized spacial score (nSPS) is 17.2. The van der Waals surface area contributed by atoms with Gasteiger partial charge in [0, 0.05) is 12.6 Å². The van der Waals surface area contributed by atoms with Crippen LogP contribution in [0.3, 0.4) is 0 Å². The lowest BCUT2D eigenvalue weighted by molar-refractivity contribution is 0.535. The molecule has 1 heterocycles. The Kier molecular flexibility index (Phi) is 3.69. The summed E-state index contributed by atoms with van der Waals surface area (Å²) in [6.45, 7) is 5.62. The third-order valence-electron chi connectivity index (χ3n) is 3.08. The van der Waals surface area contributed by atoms with Gasteiger partial charge in [-0.05, 0) is 18.8 Å². The van der Waals surface area contributed by atoms with E-state index in [0.29, 0.717) is 12.0 Å². The van der Waals surface area contributed by atoms with E-state index in [9.17, 15) is 0 Å². The van der Waals surface area contributed by atoms with Gasteiger partial charge in [-0.2, -0.15) is 0 Å². The number of hydrogen-bond donors (Lipinski definition) is 1. The average Bonchev–Trinajstić information content (AvgIpc) is 2.84. The first kappa shape index (κ1) is 11.7. The van der Waals surface area contributed by atoms with E-state index in [0.717, 1.165) is 16.7 Å². The molecule has 4 heteroatoms. The van der Waals surface area contributed by atoms with E-state index in [1.807, 2.05) is 0 Å². The van der Waals surface area contributed by atoms with Crippen molar-refractivity contribution in [1.82, 2.24) is 4.98 Å². The van der Waals surface area contributed by atoms with Gasteiger partial charge in [0.05, 0.1) is 6.20 Å². The maximum Gasteiger partial charge on any atom is 0.187 e. The fourth-order valence-electron chi connectivity index (χ4n) is 2.40. The molecule has 0 aromatic carbocycles. The van der Waals surface area contributed by atoms with Gasteiger partial charge in [0.25, 0.3) is 0 Å². The van der Waals surface area contributed by atoms with E-state index in [1.54, 1.807) is 17.5 Å². The lowest BCUT2D eigenvalue weighted by Gasteiger charge is -2.30. The Morgan fingerprint density at radius 2 is 2.19 bits per heavy atom. The van der Waals surface area contributed by atoms with Crippen molar-refractivity contribution < 1.29 is 0 Å². The summed E-state index contributed by atoms with van der Waals surface area (Å²) in [5.41, 5.74) is 5.78. The van der Waals surface area contributed by atoms with Crippen molar-refractivity contribution in [3.8, 4) is 0 Å². The van der Waals surface area contributed by atoms with Crippen LogP contribution in [0, 0.1) is 5.92 Å². The van der Waals surface area contributed by atoms with Gasteiger partial charge in [-0.15, -0.1) is 0 Å². The summed E-state index contributed by atoms with van der Waals surface area (Å²) in [5, 5.41) is 1.93. The van der Waals surface area contributed by atoms with Crippen LogP contribution in [0.15, 0.2) is 6.20 Å². The lowest BCUT2D eigenvalue weighted by Crippen LogP contribution is -2.36. The molecule has 0 saturated heterocycles. The van der Waals surface area contributed by atoms with Crippen molar-refractivity contribution in [2.75, 3.05) is 17.2 Å². The van der Waals surface area contributed by atoms with Crippen LogP contribution in [0.1, 0.15) is 39.5 Å². The van der Waals surface area contributed by atoms with Crippen LogP contribution >= 0.6 is 11.3 Å². The molecule has 2 rings (SSSR count). The zero-order valence-corrected chi connectivity index (χ0v) is 11.0. The van der Waals surface area contributed by atoms with Gasteiger partial charge in [-0.1, -0.05) is 38.0 Å². The first-order valence-corrected chi connectivity index (χ1v) is 6.96. The molecule has 0 bridgehead atoms. The third-order valence-corrected chi connectivity index (χ3v) is 3.95. The van der Waals surface area contributed by atoms with Crippen molar-refractivity contribution in [2.24, 2.45) is 5.92 Å². The molecule has 1 fully saturated rings. The van der Waals surface area contributed by atoms with Crippen molar-refractivity contribution in [3.63, 3.8) is 0 Å². The summed E-state index contributed by atoms with van der Waals surface area (Å²) < 4.78 is 0. The Bertz CT molecular complexity index is 329. The molecule has 1 aliphatic rings. The molecule has 0 radical (unpaired) electrons. The largest absolute Gasteiger partial charge is 0.389 e. The number of anilines is 2. The molecule has 0 amide bonds. The van der Waals surface area contributed by atoms with Crippen LogP contribution in [0.5, 0.6) is 0 Å². The second kappa shape index (κ2) is 5.04. The van der Waals surface area contributed by atoms with Crippen LogP contribution in [-0.4, -0.2) is 17.6 Å². The van der Waals surface area contributed by atoms with Gasteiger partial charge in [-0.25, -0.2) is 4.98 Å². The minimum absolute atomic E-state index is 0.672. The van der Waals surface area contributed by atoms with Crippen LogP contribution in [-0.2, 0) is 0 Å². The van der Waals surface area contributed by atoms with E-state index < -0.39 is 0 Å². The van der Waals surface area contributed by atoms with Crippen LogP contribution in [0.2, 0.25) is 0 Å². The summed E-state index contributed by atoms with van der Waals surface area (Å²) in [7, 11) is 0. The van der Waals surface area contributed by atoms with E-state index in [2.05, 4.69) is 23.7 Å². The van der Waals surface area contributed by atoms with Gasteiger partial charge in [0.15, 0.2) is 5.13 Å². The highest BCUT2D eigenvalue weighted by atomic mass is 32.1. The zero-order chi connectivity index (χ0) is 11.5. The minimum atomic E-state index is 0.672. The summed E-state index contributed by atoms with van der Waals surface area (Å²) >= 11 is 1.62. The molecular weight excluding hydrogens is 218 g/mol. The van der Waals surface area contributed by atoms with Crippen molar-refractivity contribution >= 4 is 21.5 Å². The highest BCUT2D eigenvalue weighted by molar-refractivity contribution is 7.19. The third kappa shape index (κ3) is 2.67. The van der Waals surface area contributed by atoms with Crippen LogP contribution < -0.4 is 10.6 Å². The smallest absolute Gasteiger partial charge is 0.187 e. The van der Waals surface area contributed by atoms with Crippen LogP contribution in [0.25, 0.3) is 0 Å². The molecule has 90 valence electrons. The highest BCUT2D eigenvalue weighted by Gasteiger charge is 2.25. The number of nitrogen functional groups attached to an aromatic ring is 1. The molecule has 1 aromatic rings. The summed E-state index contributed by atoms with van der Waals surface area (Å²) in [6, 6.07) is 0.688. The molecule has 1 aromatic heterocycles. The zero-order valence-electron chi connectivity index (χ0n) is 10.1. The second-order valence-electron chi connectivity index (χ2n) is 5.03. The number of aromatic nitrogens is 1. The molecule has 16 heavy (non-hydrogen) atoms. The van der Waals surface area contributed by atoms with Gasteiger partial charge in [0.1, 0.15) is 5.00 Å². The number of nitrogens with two attached hydrogens (primary N) is 1. The molecule has 1 saturated carbocycles. The maximum absolute atomic E-state index is 5.78. The Labute approximate surface area is 102 Å². The fourth-order valence-corrected chi connectivity index (χ4v) is 3.16. The topological polar surface area (TPSA) is 42.2 Å². The average molecular weight is 239 g/mol. The van der Waals surface area contributed by atoms with Crippen molar-refractivity contribution in [2.45, 2.75) is 45.6 Å². The van der Waals surface area contributed by atoms with Gasteiger partial charge < -0.3 is 10.6 Å². The van der Waals surface area contributed by atoms with Crippen molar-refractivity contribution in [1.29, 1.82) is 0 Å². The van der Waals surface area contributed by atoms with E-state index in [-0.39, 0.29) is 0 Å². The Balaban J connectivity index is 2.13.